The number of carbonyl (C=O) groups excluding carboxylic acids is 2. The molecule has 1 unspecified atom stereocenters. The third-order valence-electron chi connectivity index (χ3n) is 6.03. The molecule has 1 saturated carbocycles. The molecule has 1 aromatic carbocycles. The van der Waals surface area contributed by atoms with Crippen LogP contribution in [0.15, 0.2) is 24.3 Å². The molecule has 25 heavy (non-hydrogen) atoms. The van der Waals surface area contributed by atoms with Crippen molar-refractivity contribution in [2.75, 3.05) is 26.2 Å². The van der Waals surface area contributed by atoms with Gasteiger partial charge in [0.2, 0.25) is 11.8 Å². The van der Waals surface area contributed by atoms with Gasteiger partial charge < -0.3 is 9.80 Å². The highest BCUT2D eigenvalue weighted by atomic mass is 19.1. The van der Waals surface area contributed by atoms with Crippen molar-refractivity contribution in [1.82, 2.24) is 9.80 Å². The Morgan fingerprint density at radius 3 is 2.24 bits per heavy atom. The molecule has 1 aliphatic carbocycles. The second-order valence-electron chi connectivity index (χ2n) is 7.71. The van der Waals surface area contributed by atoms with Crippen LogP contribution in [0.2, 0.25) is 0 Å². The third-order valence-corrected chi connectivity index (χ3v) is 6.03. The highest BCUT2D eigenvalue weighted by Crippen LogP contribution is 2.50. The molecule has 3 aliphatic rings. The Balaban J connectivity index is 1.46. The summed E-state index contributed by atoms with van der Waals surface area (Å²) in [6.07, 6.45) is 5.58. The van der Waals surface area contributed by atoms with E-state index in [4.69, 9.17) is 0 Å². The van der Waals surface area contributed by atoms with Crippen molar-refractivity contribution < 1.29 is 14.0 Å². The van der Waals surface area contributed by atoms with Crippen molar-refractivity contribution in [3.8, 4) is 0 Å². The maximum Gasteiger partial charge on any atom is 0.233 e. The van der Waals surface area contributed by atoms with Gasteiger partial charge in [0.15, 0.2) is 0 Å². The van der Waals surface area contributed by atoms with Crippen molar-refractivity contribution >= 4 is 11.8 Å². The molecule has 1 aromatic rings. The third kappa shape index (κ3) is 3.05. The molecule has 5 heteroatoms. The van der Waals surface area contributed by atoms with Crippen molar-refractivity contribution in [3.63, 3.8) is 0 Å². The molecular formula is C20H25FN2O2. The van der Waals surface area contributed by atoms with Crippen molar-refractivity contribution in [1.29, 1.82) is 0 Å². The van der Waals surface area contributed by atoms with E-state index in [0.29, 0.717) is 6.54 Å². The normalized spacial score (nSPS) is 25.1. The van der Waals surface area contributed by atoms with Crippen molar-refractivity contribution in [2.24, 2.45) is 5.92 Å². The van der Waals surface area contributed by atoms with Gasteiger partial charge >= 0.3 is 0 Å². The summed E-state index contributed by atoms with van der Waals surface area (Å²) in [6.45, 7) is 2.99. The molecule has 134 valence electrons. The lowest BCUT2D eigenvalue weighted by Crippen LogP contribution is -2.49. The summed E-state index contributed by atoms with van der Waals surface area (Å²) in [5.74, 6) is 0.0146. The van der Waals surface area contributed by atoms with Gasteiger partial charge in [0, 0.05) is 26.2 Å². The Hall–Kier alpha value is -1.91. The lowest BCUT2D eigenvalue weighted by molar-refractivity contribution is -0.141. The first-order valence-corrected chi connectivity index (χ1v) is 9.44. The van der Waals surface area contributed by atoms with Crippen LogP contribution in [0.4, 0.5) is 4.39 Å². The molecule has 2 saturated heterocycles. The van der Waals surface area contributed by atoms with E-state index in [0.717, 1.165) is 63.7 Å². The molecule has 0 N–H and O–H groups in total. The van der Waals surface area contributed by atoms with Gasteiger partial charge in [-0.3, -0.25) is 9.59 Å². The average Bonchev–Trinajstić information content (AvgIpc) is 3.27. The zero-order valence-corrected chi connectivity index (χ0v) is 14.5. The fraction of sp³-hybridized carbons (Fsp3) is 0.600. The van der Waals surface area contributed by atoms with Gasteiger partial charge in [-0.1, -0.05) is 12.1 Å². The summed E-state index contributed by atoms with van der Waals surface area (Å²) >= 11 is 0. The number of hydrogen-bond donors (Lipinski definition) is 0. The fourth-order valence-corrected chi connectivity index (χ4v) is 4.38. The SMILES string of the molecule is O=C(C1CCCN(C(=O)C2(c3ccc(F)cc3)CC2)C1)N1CCCC1. The minimum absolute atomic E-state index is 0.0557. The number of amides is 2. The second-order valence-corrected chi connectivity index (χ2v) is 7.71. The van der Waals surface area contributed by atoms with E-state index in [9.17, 15) is 14.0 Å². The second kappa shape index (κ2) is 6.43. The quantitative estimate of drug-likeness (QED) is 0.846. The first-order chi connectivity index (χ1) is 12.1. The topological polar surface area (TPSA) is 40.6 Å². The molecule has 0 spiro atoms. The minimum Gasteiger partial charge on any atom is -0.342 e. The predicted octanol–water partition coefficient (Wildman–Crippen LogP) is 2.72. The molecule has 1 atom stereocenters. The van der Waals surface area contributed by atoms with Gasteiger partial charge in [-0.05, 0) is 56.2 Å². The molecule has 2 amide bonds. The van der Waals surface area contributed by atoms with E-state index >= 15 is 0 Å². The zero-order chi connectivity index (χ0) is 17.4. The van der Waals surface area contributed by atoms with Gasteiger partial charge in [-0.15, -0.1) is 0 Å². The first kappa shape index (κ1) is 16.6. The Morgan fingerprint density at radius 1 is 0.960 bits per heavy atom. The lowest BCUT2D eigenvalue weighted by Gasteiger charge is -2.36. The number of hydrogen-bond acceptors (Lipinski definition) is 2. The molecule has 2 aliphatic heterocycles. The van der Waals surface area contributed by atoms with E-state index in [2.05, 4.69) is 0 Å². The molecule has 0 aromatic heterocycles. The molecule has 3 fully saturated rings. The monoisotopic (exact) mass is 344 g/mol. The summed E-state index contributed by atoms with van der Waals surface area (Å²) in [5, 5.41) is 0. The van der Waals surface area contributed by atoms with Crippen LogP contribution in [-0.4, -0.2) is 47.8 Å². The zero-order valence-electron chi connectivity index (χ0n) is 14.5. The van der Waals surface area contributed by atoms with E-state index in [1.54, 1.807) is 12.1 Å². The number of rotatable bonds is 3. The summed E-state index contributed by atoms with van der Waals surface area (Å²) < 4.78 is 13.2. The van der Waals surface area contributed by atoms with Gasteiger partial charge in [-0.25, -0.2) is 4.39 Å². The van der Waals surface area contributed by atoms with Gasteiger partial charge in [-0.2, -0.15) is 0 Å². The van der Waals surface area contributed by atoms with Crippen LogP contribution >= 0.6 is 0 Å². The number of likely N-dealkylation sites (tertiary alicyclic amines) is 2. The Kier molecular flexibility index (Phi) is 4.26. The van der Waals surface area contributed by atoms with Crippen LogP contribution in [0.3, 0.4) is 0 Å². The van der Waals surface area contributed by atoms with Gasteiger partial charge in [0.25, 0.3) is 0 Å². The van der Waals surface area contributed by atoms with Crippen LogP contribution in [0, 0.1) is 11.7 Å². The highest BCUT2D eigenvalue weighted by Gasteiger charge is 2.53. The molecule has 4 rings (SSSR count). The van der Waals surface area contributed by atoms with E-state index < -0.39 is 5.41 Å². The summed E-state index contributed by atoms with van der Waals surface area (Å²) in [6, 6.07) is 6.32. The number of halogens is 1. The van der Waals surface area contributed by atoms with Crippen LogP contribution in [0.5, 0.6) is 0 Å². The maximum absolute atomic E-state index is 13.2. The Bertz CT molecular complexity index is 663. The Labute approximate surface area is 148 Å². The molecule has 0 bridgehead atoms. The summed E-state index contributed by atoms with van der Waals surface area (Å²) in [4.78, 5) is 29.7. The minimum atomic E-state index is -0.480. The van der Waals surface area contributed by atoms with Gasteiger partial charge in [0.1, 0.15) is 5.82 Å². The molecule has 4 nitrogen and oxygen atoms in total. The highest BCUT2D eigenvalue weighted by molar-refractivity contribution is 5.92. The number of carbonyl (C=O) groups is 2. The van der Waals surface area contributed by atoms with Crippen LogP contribution in [-0.2, 0) is 15.0 Å². The summed E-state index contributed by atoms with van der Waals surface area (Å²) in [7, 11) is 0. The summed E-state index contributed by atoms with van der Waals surface area (Å²) in [5.41, 5.74) is 0.429. The largest absolute Gasteiger partial charge is 0.342 e. The van der Waals surface area contributed by atoms with E-state index in [1.165, 1.54) is 12.1 Å². The van der Waals surface area contributed by atoms with Gasteiger partial charge in [0.05, 0.1) is 11.3 Å². The van der Waals surface area contributed by atoms with Crippen LogP contribution in [0.1, 0.15) is 44.1 Å². The number of nitrogens with zero attached hydrogens (tertiary/aromatic N) is 2. The number of benzene rings is 1. The lowest BCUT2D eigenvalue weighted by atomic mass is 9.91. The van der Waals surface area contributed by atoms with Crippen LogP contribution < -0.4 is 0 Å². The first-order valence-electron chi connectivity index (χ1n) is 9.44. The predicted molar refractivity (Wildman–Crippen MR) is 92.4 cm³/mol. The number of piperidine rings is 1. The maximum atomic E-state index is 13.2. The average molecular weight is 344 g/mol. The van der Waals surface area contributed by atoms with Crippen molar-refractivity contribution in [3.05, 3.63) is 35.6 Å². The van der Waals surface area contributed by atoms with Crippen LogP contribution in [0.25, 0.3) is 0 Å². The molecule has 0 radical (unpaired) electrons. The Morgan fingerprint density at radius 2 is 1.60 bits per heavy atom. The van der Waals surface area contributed by atoms with Crippen molar-refractivity contribution in [2.45, 2.75) is 43.9 Å². The fourth-order valence-electron chi connectivity index (χ4n) is 4.38. The smallest absolute Gasteiger partial charge is 0.233 e. The van der Waals surface area contributed by atoms with E-state index in [1.807, 2.05) is 9.80 Å². The van der Waals surface area contributed by atoms with E-state index in [-0.39, 0.29) is 23.5 Å². The standard InChI is InChI=1S/C20H25FN2O2/c21-17-7-5-16(6-8-17)20(9-10-20)19(25)23-13-3-4-15(14-23)18(24)22-11-1-2-12-22/h5-8,15H,1-4,9-14H2. The molecular weight excluding hydrogens is 319 g/mol. The molecule has 2 heterocycles.